The number of nitrogens with zero attached hydrogens (tertiary/aromatic N) is 3. The first kappa shape index (κ1) is 26.2. The summed E-state index contributed by atoms with van der Waals surface area (Å²) in [6.45, 7) is 9.07. The van der Waals surface area contributed by atoms with Crippen molar-refractivity contribution in [3.63, 3.8) is 0 Å². The Hall–Kier alpha value is -2.42. The van der Waals surface area contributed by atoms with E-state index < -0.39 is 0 Å². The van der Waals surface area contributed by atoms with Crippen molar-refractivity contribution in [2.24, 2.45) is 11.8 Å². The summed E-state index contributed by atoms with van der Waals surface area (Å²) in [5.41, 5.74) is 5.78. The van der Waals surface area contributed by atoms with Gasteiger partial charge in [0.15, 0.2) is 0 Å². The number of hydrogen-bond donors (Lipinski definition) is 1. The number of hydrogen-bond acceptors (Lipinski definition) is 4. The molecule has 0 bridgehead atoms. The van der Waals surface area contributed by atoms with Crippen LogP contribution in [-0.4, -0.2) is 41.9 Å². The van der Waals surface area contributed by atoms with Gasteiger partial charge >= 0.3 is 0 Å². The normalized spacial score (nSPS) is 21.1. The molecule has 182 valence electrons. The Labute approximate surface area is 213 Å². The molecule has 34 heavy (non-hydrogen) atoms. The van der Waals surface area contributed by atoms with Crippen molar-refractivity contribution in [3.05, 3.63) is 69.5 Å². The highest BCUT2D eigenvalue weighted by Gasteiger charge is 2.33. The Morgan fingerprint density at radius 3 is 2.56 bits per heavy atom. The smallest absolute Gasteiger partial charge is 0.225 e. The molecule has 0 aromatic heterocycles. The maximum atomic E-state index is 12.9. The number of carbonyl (C=O) groups is 1. The van der Waals surface area contributed by atoms with Gasteiger partial charge in [-0.1, -0.05) is 35.3 Å². The number of allylic oxidation sites excluding steroid dienone is 4. The van der Waals surface area contributed by atoms with Crippen LogP contribution in [0.2, 0.25) is 5.02 Å². The number of aryl methyl sites for hydroxylation is 1. The SMILES string of the molecule is C\C(=C/C(=C\C=C\Cl)N1CCC(C(=O)N2CCC(C#N)C2)CC1)N[C@H](C)c1ccc(C)cc1Cl. The zero-order chi connectivity index (χ0) is 24.7. The van der Waals surface area contributed by atoms with Crippen molar-refractivity contribution in [1.29, 1.82) is 5.26 Å². The molecule has 0 spiro atoms. The maximum absolute atomic E-state index is 12.9. The predicted molar refractivity (Wildman–Crippen MR) is 139 cm³/mol. The standard InChI is InChI=1S/C27H34Cl2N4O/c1-19-6-7-25(26(29)15-19)21(3)31-20(2)16-24(5-4-11-28)32-13-9-23(10-14-32)27(34)33-12-8-22(17-30)18-33/h4-7,11,15-16,21-23,31H,8-10,12-14,18H2,1-3H3/b11-4+,20-16+,24-5+/t21-,22?/m1/s1. The van der Waals surface area contributed by atoms with Gasteiger partial charge in [-0.25, -0.2) is 0 Å². The lowest BCUT2D eigenvalue weighted by Crippen LogP contribution is -2.41. The topological polar surface area (TPSA) is 59.4 Å². The molecule has 1 N–H and O–H groups in total. The number of benzene rings is 1. The summed E-state index contributed by atoms with van der Waals surface area (Å²) in [7, 11) is 0. The monoisotopic (exact) mass is 500 g/mol. The molecular weight excluding hydrogens is 467 g/mol. The highest BCUT2D eigenvalue weighted by molar-refractivity contribution is 6.31. The van der Waals surface area contributed by atoms with Gasteiger partial charge in [0, 0.05) is 60.1 Å². The molecule has 2 aliphatic rings. The number of nitriles is 1. The minimum Gasteiger partial charge on any atom is -0.382 e. The van der Waals surface area contributed by atoms with E-state index in [0.717, 1.165) is 59.9 Å². The van der Waals surface area contributed by atoms with Gasteiger partial charge in [0.25, 0.3) is 0 Å². The third-order valence-electron chi connectivity index (χ3n) is 6.66. The number of carbonyl (C=O) groups excluding carboxylic acids is 1. The fraction of sp³-hybridized carbons (Fsp3) is 0.481. The van der Waals surface area contributed by atoms with E-state index in [2.05, 4.69) is 41.4 Å². The molecule has 2 saturated heterocycles. The first-order valence-electron chi connectivity index (χ1n) is 11.9. The second-order valence-corrected chi connectivity index (χ2v) is 9.95. The van der Waals surface area contributed by atoms with E-state index in [1.54, 1.807) is 0 Å². The van der Waals surface area contributed by atoms with Crippen molar-refractivity contribution in [2.75, 3.05) is 26.2 Å². The van der Waals surface area contributed by atoms with E-state index >= 15 is 0 Å². The lowest BCUT2D eigenvalue weighted by Gasteiger charge is -2.35. The summed E-state index contributed by atoms with van der Waals surface area (Å²) in [4.78, 5) is 17.1. The number of piperidine rings is 1. The van der Waals surface area contributed by atoms with E-state index in [9.17, 15) is 4.79 Å². The van der Waals surface area contributed by atoms with Gasteiger partial charge in [-0.15, -0.1) is 0 Å². The fourth-order valence-corrected chi connectivity index (χ4v) is 5.23. The van der Waals surface area contributed by atoms with Crippen LogP contribution in [0.1, 0.15) is 50.3 Å². The lowest BCUT2D eigenvalue weighted by atomic mass is 9.94. The van der Waals surface area contributed by atoms with E-state index in [1.165, 1.54) is 5.54 Å². The minimum atomic E-state index is -0.0151. The minimum absolute atomic E-state index is 0.0151. The van der Waals surface area contributed by atoms with Crippen molar-refractivity contribution < 1.29 is 4.79 Å². The van der Waals surface area contributed by atoms with Crippen LogP contribution in [0.25, 0.3) is 0 Å². The van der Waals surface area contributed by atoms with E-state index in [0.29, 0.717) is 13.1 Å². The highest BCUT2D eigenvalue weighted by Crippen LogP contribution is 2.27. The molecule has 0 saturated carbocycles. The number of nitrogens with one attached hydrogen (secondary N) is 1. The van der Waals surface area contributed by atoms with E-state index in [-0.39, 0.29) is 23.8 Å². The molecule has 5 nitrogen and oxygen atoms in total. The molecule has 1 amide bonds. The summed E-state index contributed by atoms with van der Waals surface area (Å²) in [5, 5.41) is 13.4. The van der Waals surface area contributed by atoms with Crippen molar-refractivity contribution in [1.82, 2.24) is 15.1 Å². The van der Waals surface area contributed by atoms with Crippen LogP contribution < -0.4 is 5.32 Å². The number of halogens is 2. The van der Waals surface area contributed by atoms with Gasteiger partial charge in [-0.05, 0) is 75.5 Å². The largest absolute Gasteiger partial charge is 0.382 e. The number of amides is 1. The summed E-state index contributed by atoms with van der Waals surface area (Å²) in [6.07, 6.45) is 8.36. The first-order chi connectivity index (χ1) is 16.3. The Balaban J connectivity index is 1.63. The predicted octanol–water partition coefficient (Wildman–Crippen LogP) is 5.92. The average molecular weight is 502 g/mol. The van der Waals surface area contributed by atoms with Crippen LogP contribution in [0.15, 0.2) is 53.4 Å². The Morgan fingerprint density at radius 2 is 1.94 bits per heavy atom. The molecular formula is C27H34Cl2N4O. The maximum Gasteiger partial charge on any atom is 0.225 e. The molecule has 1 aromatic carbocycles. The molecule has 2 atom stereocenters. The van der Waals surface area contributed by atoms with Crippen LogP contribution in [0, 0.1) is 30.1 Å². The van der Waals surface area contributed by atoms with Gasteiger partial charge < -0.3 is 15.1 Å². The van der Waals surface area contributed by atoms with Crippen LogP contribution in [0.3, 0.4) is 0 Å². The van der Waals surface area contributed by atoms with Crippen LogP contribution in [-0.2, 0) is 4.79 Å². The molecule has 2 fully saturated rings. The first-order valence-corrected chi connectivity index (χ1v) is 12.7. The lowest BCUT2D eigenvalue weighted by molar-refractivity contribution is -0.135. The Morgan fingerprint density at radius 1 is 1.24 bits per heavy atom. The molecule has 2 heterocycles. The fourth-order valence-electron chi connectivity index (χ4n) is 4.75. The second-order valence-electron chi connectivity index (χ2n) is 9.29. The zero-order valence-electron chi connectivity index (χ0n) is 20.2. The molecule has 1 unspecified atom stereocenters. The van der Waals surface area contributed by atoms with Gasteiger partial charge in [-0.2, -0.15) is 5.26 Å². The van der Waals surface area contributed by atoms with Crippen LogP contribution in [0.5, 0.6) is 0 Å². The van der Waals surface area contributed by atoms with Gasteiger partial charge in [0.05, 0.1) is 12.0 Å². The van der Waals surface area contributed by atoms with Crippen molar-refractivity contribution >= 4 is 29.1 Å². The van der Waals surface area contributed by atoms with Crippen molar-refractivity contribution in [2.45, 2.75) is 46.1 Å². The van der Waals surface area contributed by atoms with E-state index in [1.807, 2.05) is 37.0 Å². The molecule has 0 radical (unpaired) electrons. The summed E-state index contributed by atoms with van der Waals surface area (Å²) in [5.74, 6) is 0.227. The zero-order valence-corrected chi connectivity index (χ0v) is 21.7. The number of rotatable bonds is 7. The third-order valence-corrected chi connectivity index (χ3v) is 7.14. The van der Waals surface area contributed by atoms with Gasteiger partial charge in [0.2, 0.25) is 5.91 Å². The Bertz CT molecular complexity index is 1000. The summed E-state index contributed by atoms with van der Waals surface area (Å²) < 4.78 is 0. The second kappa shape index (κ2) is 12.3. The van der Waals surface area contributed by atoms with Gasteiger partial charge in [0.1, 0.15) is 0 Å². The molecule has 7 heteroatoms. The van der Waals surface area contributed by atoms with E-state index in [4.69, 9.17) is 28.5 Å². The van der Waals surface area contributed by atoms with Crippen molar-refractivity contribution in [3.8, 4) is 6.07 Å². The van der Waals surface area contributed by atoms with Gasteiger partial charge in [-0.3, -0.25) is 4.79 Å². The Kier molecular flexibility index (Phi) is 9.50. The quantitative estimate of drug-likeness (QED) is 0.471. The highest BCUT2D eigenvalue weighted by atomic mass is 35.5. The average Bonchev–Trinajstić information content (AvgIpc) is 3.30. The molecule has 1 aromatic rings. The van der Waals surface area contributed by atoms with Crippen LogP contribution in [0.4, 0.5) is 0 Å². The molecule has 2 aliphatic heterocycles. The van der Waals surface area contributed by atoms with Crippen LogP contribution >= 0.6 is 23.2 Å². The summed E-state index contributed by atoms with van der Waals surface area (Å²) in [6, 6.07) is 8.48. The third kappa shape index (κ3) is 6.81. The summed E-state index contributed by atoms with van der Waals surface area (Å²) >= 11 is 12.3. The molecule has 0 aliphatic carbocycles. The number of likely N-dealkylation sites (tertiary alicyclic amines) is 2. The molecule has 3 rings (SSSR count).